The Hall–Kier alpha value is -7.81. The Morgan fingerprint density at radius 1 is 0.438 bits per heavy atom. The highest BCUT2D eigenvalue weighted by atomic mass is 16.6. The van der Waals surface area contributed by atoms with Crippen LogP contribution in [0.3, 0.4) is 0 Å². The molecule has 3 unspecified atom stereocenters. The average Bonchev–Trinajstić information content (AvgIpc) is 3.46. The molecule has 0 saturated heterocycles. The molecule has 8 N–H and O–H groups in total. The number of phenolic OH excluding ortho intramolecular Hbond substituents is 2. The highest BCUT2D eigenvalue weighted by Crippen LogP contribution is 2.18. The summed E-state index contributed by atoms with van der Waals surface area (Å²) in [6.07, 6.45) is 6.73. The van der Waals surface area contributed by atoms with Crippen molar-refractivity contribution in [1.29, 1.82) is 0 Å². The van der Waals surface area contributed by atoms with Gasteiger partial charge in [-0.3, -0.25) is 0 Å². The number of aliphatic carboxylic acids is 3. The molecule has 24 nitrogen and oxygen atoms in total. The minimum absolute atomic E-state index is 0.156. The summed E-state index contributed by atoms with van der Waals surface area (Å²) in [6.45, 7) is 32.2. The quantitative estimate of drug-likeness (QED) is 0.0205. The molecule has 80 heavy (non-hydrogen) atoms. The predicted octanol–water partition coefficient (Wildman–Crippen LogP) is 5.05. The van der Waals surface area contributed by atoms with Gasteiger partial charge in [0.15, 0.2) is 0 Å². The van der Waals surface area contributed by atoms with Crippen molar-refractivity contribution in [3.63, 3.8) is 0 Å². The molecule has 0 saturated carbocycles. The number of aromatic hydroxyl groups is 2. The lowest BCUT2D eigenvalue weighted by atomic mass is 9.88. The molecule has 0 amide bonds. The van der Waals surface area contributed by atoms with Crippen LogP contribution in [-0.2, 0) is 76.2 Å². The van der Waals surface area contributed by atoms with Crippen LogP contribution in [-0.4, -0.2) is 193 Å². The van der Waals surface area contributed by atoms with Crippen LogP contribution in [0.25, 0.3) is 0 Å². The third-order valence-electron chi connectivity index (χ3n) is 8.16. The zero-order chi connectivity index (χ0) is 62.4. The average molecular weight is 1140 g/mol. The van der Waals surface area contributed by atoms with E-state index in [1.807, 2.05) is 26.0 Å². The summed E-state index contributed by atoms with van der Waals surface area (Å²) in [7, 11) is 0. The number of benzene rings is 2. The largest absolute Gasteiger partial charge is 0.508 e. The molecule has 0 aliphatic rings. The second-order valence-corrected chi connectivity index (χ2v) is 14.8. The van der Waals surface area contributed by atoms with Crippen molar-refractivity contribution >= 4 is 41.8 Å². The number of rotatable bonds is 32. The lowest BCUT2D eigenvalue weighted by Crippen LogP contribution is -2.32. The van der Waals surface area contributed by atoms with Crippen molar-refractivity contribution in [2.75, 3.05) is 92.5 Å². The van der Waals surface area contributed by atoms with Gasteiger partial charge >= 0.3 is 41.8 Å². The third kappa shape index (κ3) is 70.2. The number of para-hydroxylation sites is 2. The number of hydrogen-bond acceptors (Lipinski definition) is 21. The summed E-state index contributed by atoms with van der Waals surface area (Å²) < 4.78 is 45.8. The summed E-state index contributed by atoms with van der Waals surface area (Å²) in [5, 5.41) is 66.0. The molecule has 2 aromatic carbocycles. The normalized spacial score (nSPS) is 10.5. The summed E-state index contributed by atoms with van der Waals surface area (Å²) in [4.78, 5) is 71.0. The van der Waals surface area contributed by atoms with Crippen molar-refractivity contribution in [2.45, 2.75) is 52.4 Å². The van der Waals surface area contributed by atoms with E-state index >= 15 is 0 Å². The van der Waals surface area contributed by atoms with Crippen molar-refractivity contribution in [2.24, 2.45) is 5.41 Å². The van der Waals surface area contributed by atoms with Gasteiger partial charge in [0, 0.05) is 47.9 Å². The first-order chi connectivity index (χ1) is 37.9. The molecule has 24 heteroatoms. The van der Waals surface area contributed by atoms with Gasteiger partial charge < -0.3 is 83.5 Å². The van der Waals surface area contributed by atoms with Crippen LogP contribution in [0.15, 0.2) is 149 Å². The molecule has 2 aromatic rings. The van der Waals surface area contributed by atoms with E-state index in [-0.39, 0.29) is 64.6 Å². The molecule has 0 heterocycles. The molecule has 3 atom stereocenters. The molecule has 0 aliphatic carbocycles. The van der Waals surface area contributed by atoms with Crippen LogP contribution in [0.2, 0.25) is 0 Å². The van der Waals surface area contributed by atoms with Gasteiger partial charge in [0.2, 0.25) is 0 Å². The van der Waals surface area contributed by atoms with Crippen LogP contribution in [0.4, 0.5) is 0 Å². The van der Waals surface area contributed by atoms with E-state index in [4.69, 9.17) is 83.5 Å². The van der Waals surface area contributed by atoms with Crippen LogP contribution in [0.5, 0.6) is 11.5 Å². The smallest absolute Gasteiger partial charge is 0.330 e. The van der Waals surface area contributed by atoms with E-state index in [1.54, 1.807) is 62.4 Å². The fourth-order valence-electron chi connectivity index (χ4n) is 3.64. The van der Waals surface area contributed by atoms with Crippen molar-refractivity contribution in [3.8, 4) is 11.5 Å². The Balaban J connectivity index is -0.000000211. The standard InChI is InChI=1S/C15H24O6.C14H22O7.C6H14O3.2C6H6O.3C3H4O2/c1-6-14(16)20-9-12(4)18-8-11(3)19-10-13(5)21-15(17)7-2;1-3-13(15)20-11-9-18-7-5-17-6-8-19-10-12-21-14(16)4-2;1-2-6(3-7,4-8)5-9;2*7-6-4-2-1-3-5-6;3*1-2-3(4)5/h6-7,11-13H,1-2,8-10H2,3-5H3;3-4H,1-2,5-12H2;7-9H,2-5H2,1H3;2*1-5,7H;3*2H,1H2,(H,4,5). The van der Waals surface area contributed by atoms with E-state index in [2.05, 4.69) is 46.1 Å². The summed E-state index contributed by atoms with van der Waals surface area (Å²) in [5.41, 5.74) is -0.667. The minimum Gasteiger partial charge on any atom is -0.508 e. The van der Waals surface area contributed by atoms with E-state index in [0.717, 1.165) is 42.5 Å². The maximum Gasteiger partial charge on any atom is 0.330 e. The number of carboxylic acid groups (broad SMARTS) is 3. The van der Waals surface area contributed by atoms with Gasteiger partial charge in [0.05, 0.1) is 84.9 Å². The molecular formula is C56H84O24. The van der Waals surface area contributed by atoms with Gasteiger partial charge in [0.1, 0.15) is 37.4 Å². The Kier molecular flexibility index (Phi) is 64.8. The first-order valence-corrected chi connectivity index (χ1v) is 24.0. The molecule has 0 bridgehead atoms. The minimum atomic E-state index is -0.981. The number of aliphatic hydroxyl groups excluding tert-OH is 3. The van der Waals surface area contributed by atoms with Gasteiger partial charge in [-0.25, -0.2) is 33.6 Å². The molecule has 2 rings (SSSR count). The van der Waals surface area contributed by atoms with E-state index in [9.17, 15) is 33.6 Å². The van der Waals surface area contributed by atoms with Crippen LogP contribution >= 0.6 is 0 Å². The van der Waals surface area contributed by atoms with Crippen LogP contribution in [0.1, 0.15) is 34.1 Å². The first kappa shape index (κ1) is 83.5. The first-order valence-electron chi connectivity index (χ1n) is 24.0. The molecule has 0 aliphatic heterocycles. The molecule has 0 fully saturated rings. The maximum atomic E-state index is 11.0. The van der Waals surface area contributed by atoms with Crippen molar-refractivity contribution in [1.82, 2.24) is 0 Å². The Morgan fingerprint density at radius 2 is 0.713 bits per heavy atom. The number of carbonyl (C=O) groups is 7. The van der Waals surface area contributed by atoms with Gasteiger partial charge in [-0.2, -0.15) is 0 Å². The molecule has 452 valence electrons. The Labute approximate surface area is 468 Å². The topological polar surface area (TPSA) is 364 Å². The lowest BCUT2D eigenvalue weighted by Gasteiger charge is -2.24. The SMILES string of the molecule is C=CC(=O)O.C=CC(=O)O.C=CC(=O)O.C=CC(=O)OCC(C)OCC(C)OCC(C)OC(=O)C=C.C=CC(=O)OCCOCCOCCOCCOC(=O)C=C.CCC(CO)(CO)CO.Oc1ccccc1.Oc1ccccc1. The zero-order valence-corrected chi connectivity index (χ0v) is 46.2. The lowest BCUT2D eigenvalue weighted by molar-refractivity contribution is -0.148. The Morgan fingerprint density at radius 3 is 0.950 bits per heavy atom. The second kappa shape index (κ2) is 62.0. The van der Waals surface area contributed by atoms with Gasteiger partial charge in [-0.15, -0.1) is 0 Å². The van der Waals surface area contributed by atoms with E-state index in [0.29, 0.717) is 64.2 Å². The Bertz CT molecular complexity index is 1830. The predicted molar refractivity (Wildman–Crippen MR) is 296 cm³/mol. The summed E-state index contributed by atoms with van der Waals surface area (Å²) in [6, 6.07) is 17.4. The summed E-state index contributed by atoms with van der Waals surface area (Å²) >= 11 is 0. The molecule has 0 radical (unpaired) electrons. The molecule has 0 aromatic heterocycles. The van der Waals surface area contributed by atoms with E-state index < -0.39 is 47.2 Å². The maximum absolute atomic E-state index is 11.0. The highest BCUT2D eigenvalue weighted by Gasteiger charge is 2.25. The fraction of sp³-hybridized carbons (Fsp3) is 0.411. The number of carboxylic acids is 3. The molecular weight excluding hydrogens is 1060 g/mol. The van der Waals surface area contributed by atoms with Crippen molar-refractivity contribution in [3.05, 3.63) is 149 Å². The number of hydrogen-bond donors (Lipinski definition) is 8. The van der Waals surface area contributed by atoms with Crippen molar-refractivity contribution < 1.29 is 117 Å². The zero-order valence-electron chi connectivity index (χ0n) is 46.2. The number of phenols is 2. The van der Waals surface area contributed by atoms with Crippen LogP contribution in [0, 0.1) is 5.41 Å². The van der Waals surface area contributed by atoms with Gasteiger partial charge in [-0.05, 0) is 51.5 Å². The number of carbonyl (C=O) groups excluding carboxylic acids is 4. The van der Waals surface area contributed by atoms with Crippen LogP contribution < -0.4 is 0 Å². The highest BCUT2D eigenvalue weighted by molar-refractivity contribution is 5.82. The number of aliphatic hydroxyl groups is 3. The second-order valence-electron chi connectivity index (χ2n) is 14.8. The van der Waals surface area contributed by atoms with E-state index in [1.165, 1.54) is 0 Å². The molecule has 0 spiro atoms. The fourth-order valence-corrected chi connectivity index (χ4v) is 3.64. The van der Waals surface area contributed by atoms with Gasteiger partial charge in [0.25, 0.3) is 0 Å². The summed E-state index contributed by atoms with van der Waals surface area (Å²) in [5.74, 6) is -4.19. The monoisotopic (exact) mass is 1140 g/mol. The third-order valence-corrected chi connectivity index (χ3v) is 8.16. The van der Waals surface area contributed by atoms with Gasteiger partial charge in [-0.1, -0.05) is 89.4 Å². The number of ether oxygens (including phenoxy) is 9. The number of esters is 4.